The summed E-state index contributed by atoms with van der Waals surface area (Å²) in [6.45, 7) is 2.85. The second-order valence-electron chi connectivity index (χ2n) is 6.13. The number of carbonyl (C=O) groups excluding carboxylic acids is 2. The highest BCUT2D eigenvalue weighted by Crippen LogP contribution is 2.64. The van der Waals surface area contributed by atoms with Crippen LogP contribution < -0.4 is 5.32 Å². The lowest BCUT2D eigenvalue weighted by molar-refractivity contribution is -0.139. The minimum atomic E-state index is -0.972. The molecule has 0 bridgehead atoms. The van der Waals surface area contributed by atoms with Crippen molar-refractivity contribution in [3.05, 3.63) is 11.6 Å². The number of hydrogen-bond donors (Lipinski definition) is 1. The molecule has 0 unspecified atom stereocenters. The summed E-state index contributed by atoms with van der Waals surface area (Å²) < 4.78 is -0.972. The summed E-state index contributed by atoms with van der Waals surface area (Å²) in [5.41, 5.74) is -0.718. The predicted molar refractivity (Wildman–Crippen MR) is 87.2 cm³/mol. The Kier molecular flexibility index (Phi) is 4.12. The Bertz CT molecular complexity index is 593. The van der Waals surface area contributed by atoms with Crippen LogP contribution in [0.4, 0.5) is 5.13 Å². The average molecular weight is 362 g/mol. The van der Waals surface area contributed by atoms with E-state index in [0.717, 1.165) is 12.8 Å². The number of rotatable bonds is 3. The van der Waals surface area contributed by atoms with Crippen LogP contribution in [0.25, 0.3) is 0 Å². The van der Waals surface area contributed by atoms with Crippen LogP contribution in [0.15, 0.2) is 11.6 Å². The second-order valence-corrected chi connectivity index (χ2v) is 8.51. The minimum absolute atomic E-state index is 0.0516. The number of nitrogens with zero attached hydrogens (tertiary/aromatic N) is 2. The maximum absolute atomic E-state index is 12.6. The van der Waals surface area contributed by atoms with Gasteiger partial charge in [-0.3, -0.25) is 9.59 Å². The Morgan fingerprint density at radius 3 is 2.82 bits per heavy atom. The molecule has 1 aromatic rings. The molecule has 1 aromatic heterocycles. The molecule has 2 amide bonds. The van der Waals surface area contributed by atoms with Crippen LogP contribution in [0, 0.1) is 11.3 Å². The first kappa shape index (κ1) is 16.0. The molecule has 1 N–H and O–H groups in total. The molecule has 1 saturated carbocycles. The van der Waals surface area contributed by atoms with Gasteiger partial charge in [-0.05, 0) is 26.2 Å². The highest BCUT2D eigenvalue weighted by molar-refractivity contribution is 7.13. The van der Waals surface area contributed by atoms with Crippen LogP contribution in [0.1, 0.15) is 26.2 Å². The van der Waals surface area contributed by atoms with Crippen molar-refractivity contribution in [3.63, 3.8) is 0 Å². The van der Waals surface area contributed by atoms with Gasteiger partial charge >= 0.3 is 0 Å². The van der Waals surface area contributed by atoms with Crippen molar-refractivity contribution < 1.29 is 9.59 Å². The van der Waals surface area contributed by atoms with Crippen LogP contribution in [0.2, 0.25) is 0 Å². The number of hydrogen-bond acceptors (Lipinski definition) is 4. The number of piperidine rings is 1. The summed E-state index contributed by atoms with van der Waals surface area (Å²) in [6, 6.07) is 0. The van der Waals surface area contributed by atoms with E-state index < -0.39 is 9.75 Å². The second kappa shape index (κ2) is 5.65. The van der Waals surface area contributed by atoms with E-state index in [1.807, 2.05) is 0 Å². The molecule has 0 spiro atoms. The summed E-state index contributed by atoms with van der Waals surface area (Å²) in [6.07, 6.45) is 3.68. The number of thiazole rings is 1. The Hall–Kier alpha value is -0.850. The van der Waals surface area contributed by atoms with E-state index in [1.165, 1.54) is 11.3 Å². The lowest BCUT2D eigenvalue weighted by Gasteiger charge is -2.34. The number of halogens is 2. The number of likely N-dealkylation sites (tertiary alicyclic amines) is 1. The quantitative estimate of drug-likeness (QED) is 0.841. The molecule has 1 aliphatic carbocycles. The maximum Gasteiger partial charge on any atom is 0.231 e. The molecule has 5 nitrogen and oxygen atoms in total. The third kappa shape index (κ3) is 2.84. The van der Waals surface area contributed by atoms with E-state index in [2.05, 4.69) is 10.3 Å². The molecular weight excluding hydrogens is 345 g/mol. The van der Waals surface area contributed by atoms with Crippen LogP contribution in [0.3, 0.4) is 0 Å². The zero-order valence-electron chi connectivity index (χ0n) is 12.1. The van der Waals surface area contributed by atoms with Crippen LogP contribution >= 0.6 is 34.5 Å². The van der Waals surface area contributed by atoms with Gasteiger partial charge in [0.15, 0.2) is 5.13 Å². The molecule has 2 atom stereocenters. The van der Waals surface area contributed by atoms with Crippen molar-refractivity contribution in [1.82, 2.24) is 9.88 Å². The number of anilines is 1. The average Bonchev–Trinajstić information content (AvgIpc) is 2.84. The molecule has 0 aromatic carbocycles. The lowest BCUT2D eigenvalue weighted by Crippen LogP contribution is -2.47. The SMILES string of the molecule is C[C@]1(C(=O)N2CCC[C@H](C(=O)Nc3nccs3)C2)CC1(Cl)Cl. The van der Waals surface area contributed by atoms with Gasteiger partial charge in [0.05, 0.1) is 11.3 Å². The number of carbonyl (C=O) groups is 2. The van der Waals surface area contributed by atoms with Gasteiger partial charge in [0.25, 0.3) is 0 Å². The van der Waals surface area contributed by atoms with Gasteiger partial charge < -0.3 is 10.2 Å². The van der Waals surface area contributed by atoms with E-state index >= 15 is 0 Å². The Morgan fingerprint density at radius 1 is 1.50 bits per heavy atom. The third-order valence-corrected chi connectivity index (χ3v) is 6.26. The predicted octanol–water partition coefficient (Wildman–Crippen LogP) is 2.90. The summed E-state index contributed by atoms with van der Waals surface area (Å²) in [4.78, 5) is 30.7. The molecule has 8 heteroatoms. The van der Waals surface area contributed by atoms with E-state index in [4.69, 9.17) is 23.2 Å². The zero-order valence-corrected chi connectivity index (χ0v) is 14.5. The third-order valence-electron chi connectivity index (χ3n) is 4.47. The van der Waals surface area contributed by atoms with Crippen LogP contribution in [-0.2, 0) is 9.59 Å². The minimum Gasteiger partial charge on any atom is -0.341 e. The normalized spacial score (nSPS) is 30.0. The first-order chi connectivity index (χ1) is 10.3. The topological polar surface area (TPSA) is 62.3 Å². The molecule has 2 fully saturated rings. The molecular formula is C14H17Cl2N3O2S. The summed E-state index contributed by atoms with van der Waals surface area (Å²) in [5.74, 6) is -0.357. The van der Waals surface area contributed by atoms with Gasteiger partial charge in [-0.15, -0.1) is 34.5 Å². The van der Waals surface area contributed by atoms with Gasteiger partial charge in [0, 0.05) is 24.7 Å². The first-order valence-electron chi connectivity index (χ1n) is 7.21. The van der Waals surface area contributed by atoms with Crippen molar-refractivity contribution >= 4 is 51.5 Å². The largest absolute Gasteiger partial charge is 0.341 e. The fourth-order valence-electron chi connectivity index (χ4n) is 2.85. The summed E-state index contributed by atoms with van der Waals surface area (Å²) in [7, 11) is 0. The maximum atomic E-state index is 12.6. The van der Waals surface area contributed by atoms with Crippen molar-refractivity contribution in [3.8, 4) is 0 Å². The molecule has 1 aliphatic heterocycles. The number of amides is 2. The molecule has 120 valence electrons. The Balaban J connectivity index is 1.62. The fraction of sp³-hybridized carbons (Fsp3) is 0.643. The number of aromatic nitrogens is 1. The molecule has 2 aliphatic rings. The van der Waals surface area contributed by atoms with E-state index in [1.54, 1.807) is 23.4 Å². The number of nitrogens with one attached hydrogen (secondary N) is 1. The van der Waals surface area contributed by atoms with E-state index in [0.29, 0.717) is 24.6 Å². The van der Waals surface area contributed by atoms with Crippen molar-refractivity contribution in [2.75, 3.05) is 18.4 Å². The van der Waals surface area contributed by atoms with Gasteiger partial charge in [0.2, 0.25) is 11.8 Å². The molecule has 3 rings (SSSR count). The molecule has 0 radical (unpaired) electrons. The summed E-state index contributed by atoms with van der Waals surface area (Å²) in [5, 5.41) is 5.19. The summed E-state index contributed by atoms with van der Waals surface area (Å²) >= 11 is 13.6. The first-order valence-corrected chi connectivity index (χ1v) is 8.85. The van der Waals surface area contributed by atoms with Crippen LogP contribution in [-0.4, -0.2) is 39.1 Å². The lowest BCUT2D eigenvalue weighted by atomic mass is 9.95. The van der Waals surface area contributed by atoms with Crippen molar-refractivity contribution in [2.24, 2.45) is 11.3 Å². The Morgan fingerprint density at radius 2 is 2.23 bits per heavy atom. The van der Waals surface area contributed by atoms with Gasteiger partial charge in [-0.25, -0.2) is 4.98 Å². The Labute approximate surface area is 143 Å². The monoisotopic (exact) mass is 361 g/mol. The molecule has 22 heavy (non-hydrogen) atoms. The fourth-order valence-corrected chi connectivity index (χ4v) is 4.08. The van der Waals surface area contributed by atoms with Crippen molar-refractivity contribution in [1.29, 1.82) is 0 Å². The van der Waals surface area contributed by atoms with Gasteiger partial charge in [-0.1, -0.05) is 0 Å². The van der Waals surface area contributed by atoms with Crippen LogP contribution in [0.5, 0.6) is 0 Å². The van der Waals surface area contributed by atoms with Crippen molar-refractivity contribution in [2.45, 2.75) is 30.5 Å². The van der Waals surface area contributed by atoms with Gasteiger partial charge in [0.1, 0.15) is 4.33 Å². The highest BCUT2D eigenvalue weighted by Gasteiger charge is 2.68. The standard InChI is InChI=1S/C14H17Cl2N3O2S/c1-13(8-14(13,15)16)11(21)19-5-2-3-9(7-19)10(20)18-12-17-4-6-22-12/h4,6,9H,2-3,5,7-8H2,1H3,(H,17,18,20)/t9-,13+/m0/s1. The highest BCUT2D eigenvalue weighted by atomic mass is 35.5. The molecule has 1 saturated heterocycles. The smallest absolute Gasteiger partial charge is 0.231 e. The van der Waals surface area contributed by atoms with E-state index in [9.17, 15) is 9.59 Å². The van der Waals surface area contributed by atoms with Gasteiger partial charge in [-0.2, -0.15) is 0 Å². The van der Waals surface area contributed by atoms with E-state index in [-0.39, 0.29) is 17.7 Å². The number of alkyl halides is 2. The molecule has 2 heterocycles. The zero-order chi connectivity index (χ0) is 16.0.